The summed E-state index contributed by atoms with van der Waals surface area (Å²) < 4.78 is 5.34. The summed E-state index contributed by atoms with van der Waals surface area (Å²) in [5.41, 5.74) is 4.76. The Bertz CT molecular complexity index is 983. The van der Waals surface area contributed by atoms with Crippen LogP contribution in [0.25, 0.3) is 10.8 Å². The fraction of sp³-hybridized carbons (Fsp3) is 0.120. The van der Waals surface area contributed by atoms with E-state index in [1.807, 2.05) is 12.1 Å². The molecule has 0 aromatic heterocycles. The molecule has 0 aliphatic rings. The van der Waals surface area contributed by atoms with E-state index in [-0.39, 0.29) is 0 Å². The van der Waals surface area contributed by atoms with Gasteiger partial charge in [-0.1, -0.05) is 55.5 Å². The van der Waals surface area contributed by atoms with Crippen molar-refractivity contribution in [2.24, 2.45) is 0 Å². The number of hydrogen-bond acceptors (Lipinski definition) is 2. The topological polar surface area (TPSA) is 12.5 Å². The number of fused-ring (bicyclic) bond motifs is 1. The van der Waals surface area contributed by atoms with Gasteiger partial charge < -0.3 is 9.64 Å². The van der Waals surface area contributed by atoms with Gasteiger partial charge >= 0.3 is 0 Å². The SMILES string of the molecule is CCc1ccc(N(c2ccc(OC)cc2)c2cccc3ccccc23)cc1. The van der Waals surface area contributed by atoms with E-state index in [4.69, 9.17) is 4.74 Å². The lowest BCUT2D eigenvalue weighted by Gasteiger charge is -2.27. The van der Waals surface area contributed by atoms with Gasteiger partial charge in [-0.15, -0.1) is 0 Å². The third-order valence-corrected chi connectivity index (χ3v) is 4.94. The van der Waals surface area contributed by atoms with Gasteiger partial charge in [-0.05, 0) is 59.8 Å². The Labute approximate surface area is 160 Å². The molecule has 0 bridgehead atoms. The minimum atomic E-state index is 0.859. The summed E-state index contributed by atoms with van der Waals surface area (Å²) in [4.78, 5) is 2.31. The molecule has 4 rings (SSSR count). The third-order valence-electron chi connectivity index (χ3n) is 4.94. The Balaban J connectivity index is 1.91. The maximum atomic E-state index is 5.34. The second kappa shape index (κ2) is 7.55. The van der Waals surface area contributed by atoms with E-state index in [0.29, 0.717) is 0 Å². The van der Waals surface area contributed by atoms with E-state index >= 15 is 0 Å². The van der Waals surface area contributed by atoms with Crippen LogP contribution in [0.15, 0.2) is 91.0 Å². The number of anilines is 3. The molecule has 0 radical (unpaired) electrons. The summed E-state index contributed by atoms with van der Waals surface area (Å²) in [5, 5.41) is 2.47. The molecule has 0 aliphatic carbocycles. The van der Waals surface area contributed by atoms with Gasteiger partial charge in [0.1, 0.15) is 5.75 Å². The first-order chi connectivity index (χ1) is 13.3. The molecule has 0 saturated heterocycles. The fourth-order valence-corrected chi connectivity index (χ4v) is 3.44. The van der Waals surface area contributed by atoms with E-state index in [1.54, 1.807) is 7.11 Å². The van der Waals surface area contributed by atoms with Gasteiger partial charge in [-0.3, -0.25) is 0 Å². The Kier molecular flexibility index (Phi) is 4.80. The number of rotatable bonds is 5. The van der Waals surface area contributed by atoms with Gasteiger partial charge in [-0.2, -0.15) is 0 Å². The van der Waals surface area contributed by atoms with E-state index in [2.05, 4.69) is 90.7 Å². The van der Waals surface area contributed by atoms with Crippen LogP contribution < -0.4 is 9.64 Å². The largest absolute Gasteiger partial charge is 0.497 e. The molecule has 27 heavy (non-hydrogen) atoms. The Hall–Kier alpha value is -3.26. The molecule has 0 atom stereocenters. The second-order valence-electron chi connectivity index (χ2n) is 6.55. The average Bonchev–Trinajstić information content (AvgIpc) is 2.75. The van der Waals surface area contributed by atoms with Gasteiger partial charge in [-0.25, -0.2) is 0 Å². The average molecular weight is 353 g/mol. The third kappa shape index (κ3) is 3.39. The highest BCUT2D eigenvalue weighted by atomic mass is 16.5. The van der Waals surface area contributed by atoms with E-state index < -0.39 is 0 Å². The molecule has 0 amide bonds. The van der Waals surface area contributed by atoms with Crippen LogP contribution in [0.2, 0.25) is 0 Å². The maximum absolute atomic E-state index is 5.34. The minimum absolute atomic E-state index is 0.859. The zero-order chi connectivity index (χ0) is 18.6. The minimum Gasteiger partial charge on any atom is -0.497 e. The molecular weight excluding hydrogens is 330 g/mol. The molecule has 0 fully saturated rings. The molecule has 0 unspecified atom stereocenters. The van der Waals surface area contributed by atoms with Gasteiger partial charge in [0.15, 0.2) is 0 Å². The molecule has 0 heterocycles. The first-order valence-electron chi connectivity index (χ1n) is 9.31. The quantitative estimate of drug-likeness (QED) is 0.388. The lowest BCUT2D eigenvalue weighted by Crippen LogP contribution is -2.10. The van der Waals surface area contributed by atoms with Crippen molar-refractivity contribution in [3.8, 4) is 5.75 Å². The molecule has 2 nitrogen and oxygen atoms in total. The summed E-state index contributed by atoms with van der Waals surface area (Å²) in [6.45, 7) is 2.18. The summed E-state index contributed by atoms with van der Waals surface area (Å²) >= 11 is 0. The highest BCUT2D eigenvalue weighted by Gasteiger charge is 2.15. The van der Waals surface area contributed by atoms with Crippen LogP contribution in [0.4, 0.5) is 17.1 Å². The summed E-state index contributed by atoms with van der Waals surface area (Å²) in [7, 11) is 1.70. The van der Waals surface area contributed by atoms with Gasteiger partial charge in [0.25, 0.3) is 0 Å². The van der Waals surface area contributed by atoms with Crippen LogP contribution >= 0.6 is 0 Å². The number of aryl methyl sites for hydroxylation is 1. The first kappa shape index (κ1) is 17.2. The van der Waals surface area contributed by atoms with Crippen molar-refractivity contribution in [1.82, 2.24) is 0 Å². The second-order valence-corrected chi connectivity index (χ2v) is 6.55. The van der Waals surface area contributed by atoms with Crippen LogP contribution in [0.1, 0.15) is 12.5 Å². The molecule has 4 aromatic rings. The summed E-state index contributed by atoms with van der Waals surface area (Å²) in [5.74, 6) is 0.859. The number of nitrogens with zero attached hydrogens (tertiary/aromatic N) is 1. The van der Waals surface area contributed by atoms with Crippen LogP contribution in [-0.2, 0) is 6.42 Å². The normalized spacial score (nSPS) is 10.7. The molecule has 2 heteroatoms. The summed E-state index contributed by atoms with van der Waals surface area (Å²) in [6, 6.07) is 32.0. The molecule has 0 N–H and O–H groups in total. The van der Waals surface area contributed by atoms with Crippen molar-refractivity contribution < 1.29 is 4.74 Å². The van der Waals surface area contributed by atoms with E-state index in [9.17, 15) is 0 Å². The van der Waals surface area contributed by atoms with Gasteiger partial charge in [0, 0.05) is 16.8 Å². The Morgan fingerprint density at radius 1 is 0.704 bits per heavy atom. The van der Waals surface area contributed by atoms with Crippen LogP contribution in [0.5, 0.6) is 5.75 Å². The van der Waals surface area contributed by atoms with Crippen molar-refractivity contribution in [3.63, 3.8) is 0 Å². The monoisotopic (exact) mass is 353 g/mol. The first-order valence-corrected chi connectivity index (χ1v) is 9.31. The highest BCUT2D eigenvalue weighted by molar-refractivity contribution is 5.98. The lowest BCUT2D eigenvalue weighted by molar-refractivity contribution is 0.415. The van der Waals surface area contributed by atoms with E-state index in [0.717, 1.165) is 23.5 Å². The van der Waals surface area contributed by atoms with E-state index in [1.165, 1.54) is 22.0 Å². The highest BCUT2D eigenvalue weighted by Crippen LogP contribution is 2.39. The van der Waals surface area contributed by atoms with Gasteiger partial charge in [0.05, 0.1) is 12.8 Å². The molecule has 4 aromatic carbocycles. The number of hydrogen-bond donors (Lipinski definition) is 0. The van der Waals surface area contributed by atoms with Crippen LogP contribution in [-0.4, -0.2) is 7.11 Å². The zero-order valence-electron chi connectivity index (χ0n) is 15.7. The Morgan fingerprint density at radius 2 is 1.33 bits per heavy atom. The summed E-state index contributed by atoms with van der Waals surface area (Å²) in [6.07, 6.45) is 1.04. The van der Waals surface area contributed by atoms with Crippen molar-refractivity contribution in [2.45, 2.75) is 13.3 Å². The number of methoxy groups -OCH3 is 1. The Morgan fingerprint density at radius 3 is 2.00 bits per heavy atom. The van der Waals surface area contributed by atoms with Crippen molar-refractivity contribution in [2.75, 3.05) is 12.0 Å². The smallest absolute Gasteiger partial charge is 0.119 e. The zero-order valence-corrected chi connectivity index (χ0v) is 15.7. The predicted molar refractivity (Wildman–Crippen MR) is 115 cm³/mol. The predicted octanol–water partition coefficient (Wildman–Crippen LogP) is 6.88. The number of benzene rings is 4. The number of ether oxygens (including phenoxy) is 1. The fourth-order valence-electron chi connectivity index (χ4n) is 3.44. The van der Waals surface area contributed by atoms with Crippen LogP contribution in [0.3, 0.4) is 0 Å². The molecule has 134 valence electrons. The standard InChI is InChI=1S/C25H23NO/c1-3-19-11-13-21(14-12-19)26(22-15-17-23(27-2)18-16-22)25-10-6-8-20-7-4-5-9-24(20)25/h4-18H,3H2,1-2H3. The van der Waals surface area contributed by atoms with Crippen molar-refractivity contribution >= 4 is 27.8 Å². The molecule has 0 saturated carbocycles. The lowest BCUT2D eigenvalue weighted by atomic mass is 10.1. The van der Waals surface area contributed by atoms with Gasteiger partial charge in [0.2, 0.25) is 0 Å². The van der Waals surface area contributed by atoms with Crippen molar-refractivity contribution in [1.29, 1.82) is 0 Å². The molecule has 0 spiro atoms. The van der Waals surface area contributed by atoms with Crippen LogP contribution in [0, 0.1) is 0 Å². The molecular formula is C25H23NO. The van der Waals surface area contributed by atoms with Crippen molar-refractivity contribution in [3.05, 3.63) is 96.6 Å². The molecule has 0 aliphatic heterocycles. The maximum Gasteiger partial charge on any atom is 0.119 e.